The Morgan fingerprint density at radius 2 is 1.86 bits per heavy atom. The number of rotatable bonds is 9. The van der Waals surface area contributed by atoms with E-state index in [0.717, 1.165) is 25.1 Å². The second kappa shape index (κ2) is 9.66. The van der Waals surface area contributed by atoms with E-state index in [1.54, 1.807) is 0 Å². The third kappa shape index (κ3) is 4.95. The highest BCUT2D eigenvalue weighted by Gasteiger charge is 2.16. The largest absolute Gasteiger partial charge is 0.387 e. The van der Waals surface area contributed by atoms with Gasteiger partial charge in [0.05, 0.1) is 17.3 Å². The molecule has 0 aliphatic heterocycles. The fraction of sp³-hybridized carbons (Fsp3) is 0.417. The third-order valence-electron chi connectivity index (χ3n) is 5.59. The van der Waals surface area contributed by atoms with Crippen molar-refractivity contribution in [1.29, 1.82) is 0 Å². The van der Waals surface area contributed by atoms with E-state index in [9.17, 15) is 5.11 Å². The molecule has 0 radical (unpaired) electrons. The molecule has 5 heteroatoms. The minimum absolute atomic E-state index is 0.242. The summed E-state index contributed by atoms with van der Waals surface area (Å²) in [5, 5.41) is 15.9. The van der Waals surface area contributed by atoms with Crippen LogP contribution in [0.15, 0.2) is 48.7 Å². The van der Waals surface area contributed by atoms with Gasteiger partial charge in [-0.15, -0.1) is 0 Å². The van der Waals surface area contributed by atoms with Gasteiger partial charge in [-0.2, -0.15) is 0 Å². The molecule has 3 rings (SSSR count). The van der Waals surface area contributed by atoms with Crippen molar-refractivity contribution in [3.8, 4) is 0 Å². The lowest BCUT2D eigenvalue weighted by Crippen LogP contribution is -2.32. The number of hydrogen-bond donors (Lipinski definition) is 2. The predicted octanol–water partition coefficient (Wildman–Crippen LogP) is 4.93. The number of aliphatic hydroxyl groups excluding tert-OH is 1. The highest BCUT2D eigenvalue weighted by atomic mass is 35.5. The average Bonchev–Trinajstić information content (AvgIpc) is 3.03. The van der Waals surface area contributed by atoms with Crippen molar-refractivity contribution in [2.45, 2.75) is 39.3 Å². The number of hydrogen-bond acceptors (Lipinski definition) is 3. The molecule has 4 nitrogen and oxygen atoms in total. The summed E-state index contributed by atoms with van der Waals surface area (Å²) in [6.07, 6.45) is 2.57. The van der Waals surface area contributed by atoms with Crippen LogP contribution in [0.25, 0.3) is 10.9 Å². The number of nitrogens with zero attached hydrogens (tertiary/aromatic N) is 2. The molecule has 3 aromatic rings. The molecule has 2 atom stereocenters. The van der Waals surface area contributed by atoms with Gasteiger partial charge in [-0.3, -0.25) is 0 Å². The van der Waals surface area contributed by atoms with Crippen LogP contribution in [0, 0.1) is 0 Å². The van der Waals surface area contributed by atoms with Crippen LogP contribution in [0.5, 0.6) is 0 Å². The molecule has 0 bridgehead atoms. The van der Waals surface area contributed by atoms with Gasteiger partial charge in [0.15, 0.2) is 0 Å². The summed E-state index contributed by atoms with van der Waals surface area (Å²) in [4.78, 5) is 2.40. The first-order valence-electron chi connectivity index (χ1n) is 10.4. The Hall–Kier alpha value is -2.01. The van der Waals surface area contributed by atoms with Crippen LogP contribution in [0.1, 0.15) is 38.0 Å². The molecule has 0 saturated heterocycles. The van der Waals surface area contributed by atoms with E-state index in [1.165, 1.54) is 22.2 Å². The highest BCUT2D eigenvalue weighted by Crippen LogP contribution is 2.31. The summed E-state index contributed by atoms with van der Waals surface area (Å²) in [6.45, 7) is 9.05. The maximum absolute atomic E-state index is 10.5. The van der Waals surface area contributed by atoms with Crippen molar-refractivity contribution < 1.29 is 5.11 Å². The van der Waals surface area contributed by atoms with Gasteiger partial charge in [0.25, 0.3) is 0 Å². The minimum atomic E-state index is -0.571. The number of nitrogens with one attached hydrogen (secondary N) is 1. The van der Waals surface area contributed by atoms with E-state index in [-0.39, 0.29) is 6.04 Å². The monoisotopic (exact) mass is 413 g/mol. The Morgan fingerprint density at radius 3 is 2.55 bits per heavy atom. The van der Waals surface area contributed by atoms with Crippen molar-refractivity contribution in [1.82, 2.24) is 9.88 Å². The Bertz CT molecular complexity index is 948. The smallest absolute Gasteiger partial charge is 0.0914 e. The van der Waals surface area contributed by atoms with Crippen molar-refractivity contribution in [3.05, 3.63) is 64.8 Å². The standard InChI is InChI=1S/C24H32ClN3O/c1-5-28(6-2)22-12-8-11-21-19(16-27(4)24(21)22)13-17(3)26-15-23(29)18-9-7-10-20(25)14-18/h7-12,14,16-17,23,26,29H,5-6,13,15H2,1-4H3/t17-,23?/m1/s1. The van der Waals surface area contributed by atoms with Crippen molar-refractivity contribution >= 4 is 28.2 Å². The first-order valence-corrected chi connectivity index (χ1v) is 10.8. The van der Waals surface area contributed by atoms with Gasteiger partial charge in [0.1, 0.15) is 0 Å². The number of benzene rings is 2. The van der Waals surface area contributed by atoms with Gasteiger partial charge in [0, 0.05) is 49.3 Å². The lowest BCUT2D eigenvalue weighted by molar-refractivity contribution is 0.170. The van der Waals surface area contributed by atoms with Gasteiger partial charge in [-0.1, -0.05) is 35.9 Å². The minimum Gasteiger partial charge on any atom is -0.387 e. The second-order valence-corrected chi connectivity index (χ2v) is 8.13. The first kappa shape index (κ1) is 21.7. The molecule has 29 heavy (non-hydrogen) atoms. The fourth-order valence-electron chi connectivity index (χ4n) is 4.06. The van der Waals surface area contributed by atoms with E-state index < -0.39 is 6.10 Å². The summed E-state index contributed by atoms with van der Waals surface area (Å²) in [5.74, 6) is 0. The Kier molecular flexibility index (Phi) is 7.23. The van der Waals surface area contributed by atoms with Crippen LogP contribution in [0.2, 0.25) is 5.02 Å². The van der Waals surface area contributed by atoms with E-state index in [2.05, 4.69) is 67.0 Å². The number of aromatic nitrogens is 1. The molecule has 0 saturated carbocycles. The summed E-state index contributed by atoms with van der Waals surface area (Å²) >= 11 is 6.04. The normalized spacial score (nSPS) is 13.6. The molecule has 0 aliphatic rings. The predicted molar refractivity (Wildman–Crippen MR) is 124 cm³/mol. The molecule has 2 N–H and O–H groups in total. The maximum atomic E-state index is 10.5. The molecular weight excluding hydrogens is 382 g/mol. The van der Waals surface area contributed by atoms with Crippen LogP contribution >= 0.6 is 11.6 Å². The van der Waals surface area contributed by atoms with Crippen LogP contribution in [-0.2, 0) is 13.5 Å². The lowest BCUT2D eigenvalue weighted by Gasteiger charge is -2.22. The number of aliphatic hydroxyl groups is 1. The molecule has 1 aromatic heterocycles. The van der Waals surface area contributed by atoms with Crippen LogP contribution < -0.4 is 10.2 Å². The van der Waals surface area contributed by atoms with Gasteiger partial charge < -0.3 is 19.9 Å². The molecule has 1 heterocycles. The maximum Gasteiger partial charge on any atom is 0.0914 e. The second-order valence-electron chi connectivity index (χ2n) is 7.70. The summed E-state index contributed by atoms with van der Waals surface area (Å²) in [7, 11) is 2.12. The number of para-hydroxylation sites is 1. The zero-order chi connectivity index (χ0) is 21.0. The molecule has 156 valence electrons. The Balaban J connectivity index is 1.72. The van der Waals surface area contributed by atoms with Gasteiger partial charge in [0.2, 0.25) is 0 Å². The van der Waals surface area contributed by atoms with Crippen molar-refractivity contribution in [3.63, 3.8) is 0 Å². The first-order chi connectivity index (χ1) is 13.9. The van der Waals surface area contributed by atoms with Crippen LogP contribution in [0.4, 0.5) is 5.69 Å². The zero-order valence-corrected chi connectivity index (χ0v) is 18.6. The molecule has 0 aliphatic carbocycles. The number of halogens is 1. The number of anilines is 1. The van der Waals surface area contributed by atoms with E-state index in [0.29, 0.717) is 11.6 Å². The summed E-state index contributed by atoms with van der Waals surface area (Å²) in [5.41, 5.74) is 4.75. The number of fused-ring (bicyclic) bond motifs is 1. The fourth-order valence-corrected chi connectivity index (χ4v) is 4.26. The molecule has 1 unspecified atom stereocenters. The van der Waals surface area contributed by atoms with E-state index in [1.807, 2.05) is 24.3 Å². The highest BCUT2D eigenvalue weighted by molar-refractivity contribution is 6.30. The summed E-state index contributed by atoms with van der Waals surface area (Å²) < 4.78 is 2.24. The molecular formula is C24H32ClN3O. The Labute approximate surface area is 179 Å². The lowest BCUT2D eigenvalue weighted by atomic mass is 10.0. The molecule has 0 amide bonds. The Morgan fingerprint density at radius 1 is 1.14 bits per heavy atom. The molecule has 0 spiro atoms. The molecule has 0 fully saturated rings. The van der Waals surface area contributed by atoms with Gasteiger partial charge >= 0.3 is 0 Å². The van der Waals surface area contributed by atoms with Crippen molar-refractivity contribution in [2.24, 2.45) is 7.05 Å². The van der Waals surface area contributed by atoms with Gasteiger partial charge in [-0.25, -0.2) is 0 Å². The third-order valence-corrected chi connectivity index (χ3v) is 5.82. The van der Waals surface area contributed by atoms with Crippen molar-refractivity contribution in [2.75, 3.05) is 24.5 Å². The molecule has 2 aromatic carbocycles. The SMILES string of the molecule is CCN(CC)c1cccc2c(C[C@@H](C)NCC(O)c3cccc(Cl)c3)cn(C)c12. The summed E-state index contributed by atoms with van der Waals surface area (Å²) in [6, 6.07) is 14.2. The number of aryl methyl sites for hydroxylation is 1. The zero-order valence-electron chi connectivity index (χ0n) is 17.8. The topological polar surface area (TPSA) is 40.4 Å². The average molecular weight is 414 g/mol. The van der Waals surface area contributed by atoms with Gasteiger partial charge in [-0.05, 0) is 56.5 Å². The van der Waals surface area contributed by atoms with E-state index in [4.69, 9.17) is 11.6 Å². The van der Waals surface area contributed by atoms with Crippen LogP contribution in [0.3, 0.4) is 0 Å². The van der Waals surface area contributed by atoms with E-state index >= 15 is 0 Å². The quantitative estimate of drug-likeness (QED) is 0.522. The van der Waals surface area contributed by atoms with Crippen LogP contribution in [-0.4, -0.2) is 35.3 Å².